The molecular formula is C16H24N4O. The van der Waals surface area contributed by atoms with E-state index in [2.05, 4.69) is 30.9 Å². The molecule has 0 aliphatic heterocycles. The van der Waals surface area contributed by atoms with Crippen molar-refractivity contribution in [2.75, 3.05) is 13.6 Å². The molecule has 0 atom stereocenters. The summed E-state index contributed by atoms with van der Waals surface area (Å²) >= 11 is 0. The number of hydrogen-bond acceptors (Lipinski definition) is 3. The molecule has 0 aliphatic rings. The molecule has 0 bridgehead atoms. The molecular weight excluding hydrogens is 264 g/mol. The highest BCUT2D eigenvalue weighted by Gasteiger charge is 2.10. The summed E-state index contributed by atoms with van der Waals surface area (Å²) in [5.74, 6) is 0. The molecule has 0 fully saturated rings. The Balaban J connectivity index is 1.97. The van der Waals surface area contributed by atoms with Crippen LogP contribution in [0.2, 0.25) is 0 Å². The van der Waals surface area contributed by atoms with E-state index in [9.17, 15) is 4.79 Å². The highest BCUT2D eigenvalue weighted by molar-refractivity contribution is 5.24. The van der Waals surface area contributed by atoms with Gasteiger partial charge in [0.05, 0.1) is 5.69 Å². The third-order valence-electron chi connectivity index (χ3n) is 4.02. The van der Waals surface area contributed by atoms with Gasteiger partial charge in [-0.3, -0.25) is 9.48 Å². The van der Waals surface area contributed by atoms with Crippen LogP contribution in [0.15, 0.2) is 23.1 Å². The summed E-state index contributed by atoms with van der Waals surface area (Å²) in [6.07, 6.45) is 2.80. The molecule has 0 aliphatic carbocycles. The quantitative estimate of drug-likeness (QED) is 0.835. The summed E-state index contributed by atoms with van der Waals surface area (Å²) in [6, 6.07) is 3.70. The minimum absolute atomic E-state index is 0.0415. The number of nitrogens with zero attached hydrogens (tertiary/aromatic N) is 4. The summed E-state index contributed by atoms with van der Waals surface area (Å²) in [5, 5.41) is 4.45. The van der Waals surface area contributed by atoms with Crippen LogP contribution in [0.25, 0.3) is 0 Å². The SMILES string of the molecule is Cc1nn(C)c(C)c1CCN(C)Cc1ccn(C)c(=O)c1. The Hall–Kier alpha value is -1.88. The third kappa shape index (κ3) is 3.61. The largest absolute Gasteiger partial charge is 0.319 e. The lowest BCUT2D eigenvalue weighted by Gasteiger charge is -2.17. The normalized spacial score (nSPS) is 11.3. The van der Waals surface area contributed by atoms with Crippen LogP contribution in [0.4, 0.5) is 0 Å². The van der Waals surface area contributed by atoms with Gasteiger partial charge in [0.2, 0.25) is 0 Å². The Kier molecular flexibility index (Phi) is 4.63. The van der Waals surface area contributed by atoms with E-state index in [0.29, 0.717) is 0 Å². The average molecular weight is 288 g/mol. The summed E-state index contributed by atoms with van der Waals surface area (Å²) in [5.41, 5.74) is 4.76. The van der Waals surface area contributed by atoms with Crippen LogP contribution in [0.3, 0.4) is 0 Å². The summed E-state index contributed by atoms with van der Waals surface area (Å²) < 4.78 is 3.53. The van der Waals surface area contributed by atoms with Crippen molar-refractivity contribution in [1.82, 2.24) is 19.2 Å². The fourth-order valence-corrected chi connectivity index (χ4v) is 2.56. The molecule has 5 nitrogen and oxygen atoms in total. The van der Waals surface area contributed by atoms with Crippen molar-refractivity contribution >= 4 is 0 Å². The predicted molar refractivity (Wildman–Crippen MR) is 84.4 cm³/mol. The molecule has 2 aromatic rings. The van der Waals surface area contributed by atoms with Crippen molar-refractivity contribution in [2.45, 2.75) is 26.8 Å². The van der Waals surface area contributed by atoms with Gasteiger partial charge in [0.15, 0.2) is 0 Å². The van der Waals surface area contributed by atoms with Crippen molar-refractivity contribution < 1.29 is 0 Å². The fourth-order valence-electron chi connectivity index (χ4n) is 2.56. The van der Waals surface area contributed by atoms with Crippen LogP contribution in [0.1, 0.15) is 22.5 Å². The first-order valence-electron chi connectivity index (χ1n) is 7.21. The van der Waals surface area contributed by atoms with Crippen LogP contribution in [0, 0.1) is 13.8 Å². The van der Waals surface area contributed by atoms with Gasteiger partial charge < -0.3 is 9.47 Å². The average Bonchev–Trinajstić information content (AvgIpc) is 2.66. The Bertz CT molecular complexity index is 684. The maximum atomic E-state index is 11.6. The first-order chi connectivity index (χ1) is 9.88. The number of likely N-dealkylation sites (N-methyl/N-ethyl adjacent to an activating group) is 1. The first kappa shape index (κ1) is 15.5. The van der Waals surface area contributed by atoms with Crippen LogP contribution in [-0.4, -0.2) is 32.8 Å². The van der Waals surface area contributed by atoms with Crippen molar-refractivity contribution in [3.8, 4) is 0 Å². The lowest BCUT2D eigenvalue weighted by molar-refractivity contribution is 0.330. The zero-order valence-electron chi connectivity index (χ0n) is 13.6. The molecule has 2 rings (SSSR count). The van der Waals surface area contributed by atoms with E-state index < -0.39 is 0 Å². The molecule has 0 unspecified atom stereocenters. The van der Waals surface area contributed by atoms with Crippen LogP contribution >= 0.6 is 0 Å². The van der Waals surface area contributed by atoms with Crippen molar-refractivity contribution in [3.05, 3.63) is 51.2 Å². The summed E-state index contributed by atoms with van der Waals surface area (Å²) in [6.45, 7) is 5.90. The predicted octanol–water partition coefficient (Wildman–Crippen LogP) is 1.41. The van der Waals surface area contributed by atoms with Gasteiger partial charge in [-0.05, 0) is 44.5 Å². The van der Waals surface area contributed by atoms with Gasteiger partial charge in [0.1, 0.15) is 0 Å². The monoisotopic (exact) mass is 288 g/mol. The number of pyridine rings is 1. The number of rotatable bonds is 5. The molecule has 0 saturated heterocycles. The van der Waals surface area contributed by atoms with Gasteiger partial charge >= 0.3 is 0 Å². The van der Waals surface area contributed by atoms with Crippen LogP contribution < -0.4 is 5.56 Å². The lowest BCUT2D eigenvalue weighted by Crippen LogP contribution is -2.23. The molecule has 0 saturated carbocycles. The summed E-state index contributed by atoms with van der Waals surface area (Å²) in [4.78, 5) is 13.9. The van der Waals surface area contributed by atoms with Gasteiger partial charge in [0.25, 0.3) is 5.56 Å². The standard InChI is InChI=1S/C16H24N4O/c1-12-15(13(2)20(5)17-12)7-8-18(3)11-14-6-9-19(4)16(21)10-14/h6,9-10H,7-8,11H2,1-5H3. The first-order valence-corrected chi connectivity index (χ1v) is 7.21. The van der Waals surface area contributed by atoms with Crippen LogP contribution in [-0.2, 0) is 27.1 Å². The van der Waals surface area contributed by atoms with Crippen molar-refractivity contribution in [2.24, 2.45) is 14.1 Å². The van der Waals surface area contributed by atoms with E-state index in [4.69, 9.17) is 0 Å². The smallest absolute Gasteiger partial charge is 0.250 e. The molecule has 21 heavy (non-hydrogen) atoms. The van der Waals surface area contributed by atoms with Crippen LogP contribution in [0.5, 0.6) is 0 Å². The second kappa shape index (κ2) is 6.26. The molecule has 0 amide bonds. The molecule has 0 N–H and O–H groups in total. The van der Waals surface area contributed by atoms with Crippen molar-refractivity contribution in [1.29, 1.82) is 0 Å². The van der Waals surface area contributed by atoms with E-state index in [0.717, 1.165) is 30.8 Å². The second-order valence-electron chi connectivity index (χ2n) is 5.74. The molecule has 0 spiro atoms. The Labute approximate surface area is 125 Å². The third-order valence-corrected chi connectivity index (χ3v) is 4.02. The molecule has 2 aromatic heterocycles. The minimum Gasteiger partial charge on any atom is -0.319 e. The Morgan fingerprint density at radius 2 is 2.00 bits per heavy atom. The number of hydrogen-bond donors (Lipinski definition) is 0. The van der Waals surface area contributed by atoms with Gasteiger partial charge in [-0.15, -0.1) is 0 Å². The van der Waals surface area contributed by atoms with Gasteiger partial charge in [-0.2, -0.15) is 5.10 Å². The molecule has 2 heterocycles. The van der Waals surface area contributed by atoms with E-state index in [-0.39, 0.29) is 5.56 Å². The highest BCUT2D eigenvalue weighted by Crippen LogP contribution is 2.13. The molecule has 5 heteroatoms. The molecule has 0 aromatic carbocycles. The van der Waals surface area contributed by atoms with Gasteiger partial charge in [-0.25, -0.2) is 0 Å². The van der Waals surface area contributed by atoms with Gasteiger partial charge in [-0.1, -0.05) is 0 Å². The molecule has 114 valence electrons. The fraction of sp³-hybridized carbons (Fsp3) is 0.500. The highest BCUT2D eigenvalue weighted by atomic mass is 16.1. The lowest BCUT2D eigenvalue weighted by atomic mass is 10.1. The second-order valence-corrected chi connectivity index (χ2v) is 5.74. The molecule has 0 radical (unpaired) electrons. The van der Waals surface area contributed by atoms with Gasteiger partial charge in [0, 0.05) is 45.1 Å². The van der Waals surface area contributed by atoms with E-state index in [1.165, 1.54) is 11.3 Å². The maximum absolute atomic E-state index is 11.6. The maximum Gasteiger partial charge on any atom is 0.250 e. The number of aromatic nitrogens is 3. The minimum atomic E-state index is 0.0415. The Morgan fingerprint density at radius 1 is 1.29 bits per heavy atom. The topological polar surface area (TPSA) is 43.1 Å². The number of aryl methyl sites for hydroxylation is 3. The zero-order chi connectivity index (χ0) is 15.6. The Morgan fingerprint density at radius 3 is 2.57 bits per heavy atom. The van der Waals surface area contributed by atoms with Crippen molar-refractivity contribution in [3.63, 3.8) is 0 Å². The van der Waals surface area contributed by atoms with E-state index in [1.54, 1.807) is 17.7 Å². The van der Waals surface area contributed by atoms with E-state index >= 15 is 0 Å². The van der Waals surface area contributed by atoms with E-state index in [1.807, 2.05) is 24.0 Å². The summed E-state index contributed by atoms with van der Waals surface area (Å²) in [7, 11) is 5.83. The zero-order valence-corrected chi connectivity index (χ0v) is 13.6.